The maximum atomic E-state index is 12.3. The standard InChI is InChI=1S/C17H13Cl2NO2/c18-11-4-7-15(19)14(9-11)17(22)20-12-5-6-13-10(8-12)2-1-3-16(13)21/h4-9H,1-3H2,(H,20,22). The van der Waals surface area contributed by atoms with Crippen LogP contribution in [0.15, 0.2) is 36.4 Å². The van der Waals surface area contributed by atoms with Gasteiger partial charge in [-0.05, 0) is 54.8 Å². The van der Waals surface area contributed by atoms with E-state index >= 15 is 0 Å². The van der Waals surface area contributed by atoms with Crippen LogP contribution in [0.4, 0.5) is 5.69 Å². The number of ketones is 1. The Bertz CT molecular complexity index is 771. The van der Waals surface area contributed by atoms with Gasteiger partial charge in [0.25, 0.3) is 5.91 Å². The van der Waals surface area contributed by atoms with Gasteiger partial charge in [0.2, 0.25) is 0 Å². The van der Waals surface area contributed by atoms with Gasteiger partial charge in [-0.15, -0.1) is 0 Å². The van der Waals surface area contributed by atoms with Crippen LogP contribution in [0.3, 0.4) is 0 Å². The highest BCUT2D eigenvalue weighted by atomic mass is 35.5. The number of anilines is 1. The van der Waals surface area contributed by atoms with Gasteiger partial charge in [-0.1, -0.05) is 23.2 Å². The normalized spacial score (nSPS) is 13.6. The Hall–Kier alpha value is -1.84. The summed E-state index contributed by atoms with van der Waals surface area (Å²) in [6, 6.07) is 10.1. The molecule has 1 aliphatic carbocycles. The van der Waals surface area contributed by atoms with Gasteiger partial charge in [0, 0.05) is 22.7 Å². The SMILES string of the molecule is O=C(Nc1ccc2c(c1)CCCC2=O)c1cc(Cl)ccc1Cl. The lowest BCUT2D eigenvalue weighted by atomic mass is 9.90. The molecule has 0 fully saturated rings. The quantitative estimate of drug-likeness (QED) is 0.860. The fraction of sp³-hybridized carbons (Fsp3) is 0.176. The van der Waals surface area contributed by atoms with Crippen LogP contribution < -0.4 is 5.32 Å². The lowest BCUT2D eigenvalue weighted by molar-refractivity contribution is 0.0971. The topological polar surface area (TPSA) is 46.2 Å². The Kier molecular flexibility index (Phi) is 4.19. The van der Waals surface area contributed by atoms with Gasteiger partial charge >= 0.3 is 0 Å². The van der Waals surface area contributed by atoms with E-state index in [1.165, 1.54) is 6.07 Å². The van der Waals surface area contributed by atoms with E-state index in [9.17, 15) is 9.59 Å². The first kappa shape index (κ1) is 15.1. The highest BCUT2D eigenvalue weighted by molar-refractivity contribution is 6.36. The van der Waals surface area contributed by atoms with Crippen molar-refractivity contribution in [1.82, 2.24) is 0 Å². The number of fused-ring (bicyclic) bond motifs is 1. The molecule has 0 radical (unpaired) electrons. The minimum absolute atomic E-state index is 0.164. The summed E-state index contributed by atoms with van der Waals surface area (Å²) in [4.78, 5) is 24.1. The summed E-state index contributed by atoms with van der Waals surface area (Å²) in [6.07, 6.45) is 2.29. The van der Waals surface area contributed by atoms with Gasteiger partial charge in [-0.25, -0.2) is 0 Å². The third kappa shape index (κ3) is 3.01. The fourth-order valence-electron chi connectivity index (χ4n) is 2.59. The average molecular weight is 334 g/mol. The number of Topliss-reactive ketones (excluding diaryl/α,β-unsaturated/α-hetero) is 1. The first-order valence-corrected chi connectivity index (χ1v) is 7.73. The van der Waals surface area contributed by atoms with E-state index in [-0.39, 0.29) is 11.7 Å². The number of halogens is 2. The van der Waals surface area contributed by atoms with Crippen molar-refractivity contribution in [3.63, 3.8) is 0 Å². The van der Waals surface area contributed by atoms with Gasteiger partial charge in [0.05, 0.1) is 10.6 Å². The molecule has 1 N–H and O–H groups in total. The van der Waals surface area contributed by atoms with Gasteiger partial charge in [0.15, 0.2) is 5.78 Å². The third-order valence-electron chi connectivity index (χ3n) is 3.69. The minimum atomic E-state index is -0.324. The van der Waals surface area contributed by atoms with Crippen molar-refractivity contribution in [1.29, 1.82) is 0 Å². The fourth-order valence-corrected chi connectivity index (χ4v) is 2.97. The van der Waals surface area contributed by atoms with E-state index < -0.39 is 0 Å². The molecule has 22 heavy (non-hydrogen) atoms. The molecule has 2 aromatic carbocycles. The van der Waals surface area contributed by atoms with E-state index in [2.05, 4.69) is 5.32 Å². The molecular weight excluding hydrogens is 321 g/mol. The Morgan fingerprint density at radius 1 is 1.05 bits per heavy atom. The van der Waals surface area contributed by atoms with Crippen molar-refractivity contribution in [2.75, 3.05) is 5.32 Å². The molecule has 1 amide bonds. The van der Waals surface area contributed by atoms with Crippen molar-refractivity contribution in [2.24, 2.45) is 0 Å². The molecule has 3 rings (SSSR count). The van der Waals surface area contributed by atoms with E-state index in [4.69, 9.17) is 23.2 Å². The summed E-state index contributed by atoms with van der Waals surface area (Å²) in [5.74, 6) is -0.161. The zero-order chi connectivity index (χ0) is 15.7. The first-order chi connectivity index (χ1) is 10.5. The van der Waals surface area contributed by atoms with Crippen LogP contribution in [-0.4, -0.2) is 11.7 Å². The lowest BCUT2D eigenvalue weighted by Gasteiger charge is -2.16. The number of rotatable bonds is 2. The summed E-state index contributed by atoms with van der Waals surface area (Å²) in [5.41, 5.74) is 2.70. The molecular formula is C17H13Cl2NO2. The van der Waals surface area contributed by atoms with Crippen LogP contribution in [-0.2, 0) is 6.42 Å². The number of hydrogen-bond donors (Lipinski definition) is 1. The van der Waals surface area contributed by atoms with Crippen LogP contribution in [0, 0.1) is 0 Å². The number of carbonyl (C=O) groups is 2. The molecule has 0 saturated carbocycles. The van der Waals surface area contributed by atoms with Crippen LogP contribution in [0.2, 0.25) is 10.0 Å². The number of nitrogens with one attached hydrogen (secondary N) is 1. The maximum absolute atomic E-state index is 12.3. The Balaban J connectivity index is 1.85. The van der Waals surface area contributed by atoms with Crippen molar-refractivity contribution >= 4 is 40.6 Å². The molecule has 0 aliphatic heterocycles. The highest BCUT2D eigenvalue weighted by Crippen LogP contribution is 2.26. The summed E-state index contributed by atoms with van der Waals surface area (Å²) in [5, 5.41) is 3.59. The molecule has 0 saturated heterocycles. The first-order valence-electron chi connectivity index (χ1n) is 6.97. The second kappa shape index (κ2) is 6.11. The van der Waals surface area contributed by atoms with E-state index in [1.807, 2.05) is 6.07 Å². The Labute approximate surface area is 138 Å². The lowest BCUT2D eigenvalue weighted by Crippen LogP contribution is -2.15. The van der Waals surface area contributed by atoms with Gasteiger partial charge in [0.1, 0.15) is 0 Å². The summed E-state index contributed by atoms with van der Waals surface area (Å²) < 4.78 is 0. The molecule has 0 aromatic heterocycles. The van der Waals surface area contributed by atoms with Gasteiger partial charge in [-0.3, -0.25) is 9.59 Å². The number of carbonyl (C=O) groups excluding carboxylic acids is 2. The van der Waals surface area contributed by atoms with Crippen LogP contribution in [0.5, 0.6) is 0 Å². The zero-order valence-electron chi connectivity index (χ0n) is 11.7. The predicted octanol–water partition coefficient (Wildman–Crippen LogP) is 4.76. The Morgan fingerprint density at radius 2 is 1.86 bits per heavy atom. The molecule has 3 nitrogen and oxygen atoms in total. The third-order valence-corrected chi connectivity index (χ3v) is 4.25. The van der Waals surface area contributed by atoms with Crippen molar-refractivity contribution < 1.29 is 9.59 Å². The monoisotopic (exact) mass is 333 g/mol. The molecule has 0 heterocycles. The molecule has 0 spiro atoms. The number of amides is 1. The largest absolute Gasteiger partial charge is 0.322 e. The molecule has 5 heteroatoms. The van der Waals surface area contributed by atoms with Crippen LogP contribution in [0.25, 0.3) is 0 Å². The molecule has 2 aromatic rings. The maximum Gasteiger partial charge on any atom is 0.257 e. The summed E-state index contributed by atoms with van der Waals surface area (Å²) >= 11 is 11.9. The van der Waals surface area contributed by atoms with E-state index in [1.54, 1.807) is 24.3 Å². The van der Waals surface area contributed by atoms with Crippen molar-refractivity contribution in [3.8, 4) is 0 Å². The average Bonchev–Trinajstić information content (AvgIpc) is 2.50. The second-order valence-corrected chi connectivity index (χ2v) is 6.07. The smallest absolute Gasteiger partial charge is 0.257 e. The van der Waals surface area contributed by atoms with Gasteiger partial charge < -0.3 is 5.32 Å². The van der Waals surface area contributed by atoms with Crippen LogP contribution in [0.1, 0.15) is 39.1 Å². The molecule has 1 aliphatic rings. The van der Waals surface area contributed by atoms with Gasteiger partial charge in [-0.2, -0.15) is 0 Å². The molecule has 112 valence electrons. The number of benzene rings is 2. The zero-order valence-corrected chi connectivity index (χ0v) is 13.2. The van der Waals surface area contributed by atoms with Crippen molar-refractivity contribution in [3.05, 3.63) is 63.1 Å². The van der Waals surface area contributed by atoms with Crippen molar-refractivity contribution in [2.45, 2.75) is 19.3 Å². The van der Waals surface area contributed by atoms with E-state index in [0.29, 0.717) is 27.7 Å². The second-order valence-electron chi connectivity index (χ2n) is 5.23. The van der Waals surface area contributed by atoms with E-state index in [0.717, 1.165) is 24.0 Å². The van der Waals surface area contributed by atoms with Crippen LogP contribution >= 0.6 is 23.2 Å². The highest BCUT2D eigenvalue weighted by Gasteiger charge is 2.18. The predicted molar refractivity (Wildman–Crippen MR) is 88.1 cm³/mol. The summed E-state index contributed by atoms with van der Waals surface area (Å²) in [6.45, 7) is 0. The molecule has 0 unspecified atom stereocenters. The minimum Gasteiger partial charge on any atom is -0.322 e. The number of hydrogen-bond acceptors (Lipinski definition) is 2. The number of aryl methyl sites for hydroxylation is 1. The summed E-state index contributed by atoms with van der Waals surface area (Å²) in [7, 11) is 0. The molecule has 0 atom stereocenters. The molecule has 0 bridgehead atoms. The Morgan fingerprint density at radius 3 is 2.68 bits per heavy atom.